The van der Waals surface area contributed by atoms with E-state index in [1.807, 2.05) is 0 Å². The van der Waals surface area contributed by atoms with Crippen molar-refractivity contribution >= 4 is 92.3 Å². The first-order chi connectivity index (χ1) is 13.1. The molecule has 0 bridgehead atoms. The highest BCUT2D eigenvalue weighted by molar-refractivity contribution is 14.1. The molecule has 0 spiro atoms. The van der Waals surface area contributed by atoms with Gasteiger partial charge in [0.1, 0.15) is 6.17 Å². The molecule has 0 saturated carbocycles. The molecule has 0 fully saturated rings. The van der Waals surface area contributed by atoms with Gasteiger partial charge in [0.05, 0.1) is 5.56 Å². The molecule has 2 rings (SSSR count). The van der Waals surface area contributed by atoms with Crippen LogP contribution in [0.2, 0.25) is 0 Å². The zero-order chi connectivity index (χ0) is 20.9. The minimum Gasteiger partial charge on any atom is -0.478 e. The molecular formula is C17H13Cl3IN3O3S. The van der Waals surface area contributed by atoms with Gasteiger partial charge in [-0.05, 0) is 77.3 Å². The zero-order valence-corrected chi connectivity index (χ0v) is 19.1. The molecule has 28 heavy (non-hydrogen) atoms. The summed E-state index contributed by atoms with van der Waals surface area (Å²) in [6, 6.07) is 12.8. The maximum Gasteiger partial charge on any atom is 0.335 e. The van der Waals surface area contributed by atoms with E-state index < -0.39 is 21.8 Å². The molecule has 0 heterocycles. The average molecular weight is 573 g/mol. The minimum atomic E-state index is -1.91. The lowest BCUT2D eigenvalue weighted by molar-refractivity contribution is 0.0696. The van der Waals surface area contributed by atoms with Gasteiger partial charge < -0.3 is 21.1 Å². The summed E-state index contributed by atoms with van der Waals surface area (Å²) in [5, 5.41) is 17.1. The van der Waals surface area contributed by atoms with Gasteiger partial charge >= 0.3 is 5.97 Å². The maximum atomic E-state index is 12.4. The number of benzene rings is 2. The molecule has 0 aliphatic heterocycles. The van der Waals surface area contributed by atoms with Crippen LogP contribution < -0.4 is 16.0 Å². The number of halogens is 4. The molecule has 0 saturated heterocycles. The Morgan fingerprint density at radius 2 is 1.68 bits per heavy atom. The van der Waals surface area contributed by atoms with Crippen LogP contribution in [0.15, 0.2) is 48.5 Å². The Morgan fingerprint density at radius 3 is 2.25 bits per heavy atom. The first-order valence-corrected chi connectivity index (χ1v) is 10.2. The van der Waals surface area contributed by atoms with Crippen LogP contribution in [0.4, 0.5) is 5.69 Å². The number of carboxylic acids is 1. The van der Waals surface area contributed by atoms with E-state index >= 15 is 0 Å². The fraction of sp³-hybridized carbons (Fsp3) is 0.118. The number of carbonyl (C=O) groups is 2. The summed E-state index contributed by atoms with van der Waals surface area (Å²) in [7, 11) is 0. The van der Waals surface area contributed by atoms with Gasteiger partial charge in [-0.25, -0.2) is 4.79 Å². The molecule has 4 N–H and O–H groups in total. The molecule has 2 aromatic rings. The monoisotopic (exact) mass is 571 g/mol. The molecule has 0 aliphatic carbocycles. The van der Waals surface area contributed by atoms with Crippen LogP contribution >= 0.6 is 69.6 Å². The number of rotatable bonds is 5. The van der Waals surface area contributed by atoms with E-state index in [4.69, 9.17) is 52.1 Å². The van der Waals surface area contributed by atoms with Gasteiger partial charge in [-0.2, -0.15) is 0 Å². The minimum absolute atomic E-state index is 0.0294. The van der Waals surface area contributed by atoms with Crippen molar-refractivity contribution in [1.29, 1.82) is 0 Å². The topological polar surface area (TPSA) is 90.5 Å². The SMILES string of the molecule is O=C(O)c1cccc(NC(=S)N[C@H](NC(=O)c2ccc(I)cc2)C(Cl)(Cl)Cl)c1. The molecule has 148 valence electrons. The van der Waals surface area contributed by atoms with Gasteiger partial charge in [-0.15, -0.1) is 0 Å². The van der Waals surface area contributed by atoms with Crippen molar-refractivity contribution in [3.05, 3.63) is 63.2 Å². The second kappa shape index (κ2) is 9.93. The number of aromatic carboxylic acids is 1. The number of carboxylic acid groups (broad SMARTS) is 1. The largest absolute Gasteiger partial charge is 0.478 e. The lowest BCUT2D eigenvalue weighted by Gasteiger charge is -2.27. The van der Waals surface area contributed by atoms with Crippen molar-refractivity contribution in [1.82, 2.24) is 10.6 Å². The number of alkyl halides is 3. The first-order valence-electron chi connectivity index (χ1n) is 7.60. The summed E-state index contributed by atoms with van der Waals surface area (Å²) in [5.41, 5.74) is 0.886. The maximum absolute atomic E-state index is 12.4. The third-order valence-corrected chi connectivity index (χ3v) is 4.95. The van der Waals surface area contributed by atoms with Crippen molar-refractivity contribution in [2.75, 3.05) is 5.32 Å². The standard InChI is InChI=1S/C17H13Cl3IN3O3S/c18-17(19,20)15(23-13(25)9-4-6-11(21)7-5-9)24-16(28)22-12-3-1-2-10(8-12)14(26)27/h1-8,15H,(H,23,25)(H,26,27)(H2,22,24,28)/t15-/m0/s1. The number of hydrogen-bond donors (Lipinski definition) is 4. The third kappa shape index (κ3) is 6.93. The fourth-order valence-electron chi connectivity index (χ4n) is 2.04. The molecule has 1 atom stereocenters. The summed E-state index contributed by atoms with van der Waals surface area (Å²) in [6.45, 7) is 0. The van der Waals surface area contributed by atoms with E-state index in [1.165, 1.54) is 12.1 Å². The first kappa shape index (κ1) is 23.0. The van der Waals surface area contributed by atoms with Gasteiger partial charge in [0, 0.05) is 14.8 Å². The highest BCUT2D eigenvalue weighted by Gasteiger charge is 2.34. The van der Waals surface area contributed by atoms with Crippen molar-refractivity contribution in [2.45, 2.75) is 9.96 Å². The second-order valence-electron chi connectivity index (χ2n) is 5.44. The highest BCUT2D eigenvalue weighted by atomic mass is 127. The van der Waals surface area contributed by atoms with E-state index in [1.54, 1.807) is 36.4 Å². The molecule has 0 radical (unpaired) electrons. The molecule has 0 unspecified atom stereocenters. The number of thiocarbonyl (C=S) groups is 1. The number of amides is 1. The number of nitrogens with one attached hydrogen (secondary N) is 3. The lowest BCUT2D eigenvalue weighted by Crippen LogP contribution is -2.56. The van der Waals surface area contributed by atoms with Gasteiger partial charge in [-0.1, -0.05) is 40.9 Å². The molecule has 6 nitrogen and oxygen atoms in total. The smallest absolute Gasteiger partial charge is 0.335 e. The molecule has 0 aromatic heterocycles. The van der Waals surface area contributed by atoms with Crippen molar-refractivity contribution in [3.63, 3.8) is 0 Å². The van der Waals surface area contributed by atoms with Crippen molar-refractivity contribution in [2.24, 2.45) is 0 Å². The highest BCUT2D eigenvalue weighted by Crippen LogP contribution is 2.29. The van der Waals surface area contributed by atoms with Crippen LogP contribution in [-0.4, -0.2) is 32.1 Å². The Labute approximate surface area is 195 Å². The molecule has 2 aromatic carbocycles. The quantitative estimate of drug-likeness (QED) is 0.184. The average Bonchev–Trinajstić information content (AvgIpc) is 2.61. The molecule has 0 aliphatic rings. The second-order valence-corrected chi connectivity index (χ2v) is 9.46. The Kier molecular flexibility index (Phi) is 8.14. The Balaban J connectivity index is 2.08. The Bertz CT molecular complexity index is 891. The van der Waals surface area contributed by atoms with Crippen LogP contribution in [-0.2, 0) is 0 Å². The number of hydrogen-bond acceptors (Lipinski definition) is 3. The van der Waals surface area contributed by atoms with Gasteiger partial charge in [0.15, 0.2) is 5.11 Å². The van der Waals surface area contributed by atoms with Gasteiger partial charge in [0.2, 0.25) is 3.79 Å². The number of anilines is 1. The summed E-state index contributed by atoms with van der Waals surface area (Å²) < 4.78 is -0.938. The zero-order valence-electron chi connectivity index (χ0n) is 13.9. The van der Waals surface area contributed by atoms with Gasteiger partial charge in [0.25, 0.3) is 5.91 Å². The lowest BCUT2D eigenvalue weighted by atomic mass is 10.2. The fourth-order valence-corrected chi connectivity index (χ4v) is 2.97. The Hall–Kier alpha value is -1.33. The summed E-state index contributed by atoms with van der Waals surface area (Å²) in [6.07, 6.45) is -1.15. The number of carbonyl (C=O) groups excluding carboxylic acids is 1. The summed E-state index contributed by atoms with van der Waals surface area (Å²) in [5.74, 6) is -1.54. The predicted octanol–water partition coefficient (Wildman–Crippen LogP) is 4.40. The third-order valence-electron chi connectivity index (χ3n) is 3.35. The van der Waals surface area contributed by atoms with E-state index in [0.717, 1.165) is 3.57 Å². The Morgan fingerprint density at radius 1 is 1.04 bits per heavy atom. The van der Waals surface area contributed by atoms with Crippen LogP contribution in [0.25, 0.3) is 0 Å². The van der Waals surface area contributed by atoms with Crippen LogP contribution in [0.5, 0.6) is 0 Å². The van der Waals surface area contributed by atoms with Crippen molar-refractivity contribution < 1.29 is 14.7 Å². The molecule has 1 amide bonds. The molecule has 11 heteroatoms. The van der Waals surface area contributed by atoms with E-state index in [9.17, 15) is 9.59 Å². The van der Waals surface area contributed by atoms with Crippen molar-refractivity contribution in [3.8, 4) is 0 Å². The normalized spacial score (nSPS) is 12.0. The van der Waals surface area contributed by atoms with Crippen LogP contribution in [0.3, 0.4) is 0 Å². The predicted molar refractivity (Wildman–Crippen MR) is 123 cm³/mol. The van der Waals surface area contributed by atoms with E-state index in [-0.39, 0.29) is 10.7 Å². The van der Waals surface area contributed by atoms with Gasteiger partial charge in [-0.3, -0.25) is 4.79 Å². The summed E-state index contributed by atoms with van der Waals surface area (Å²) in [4.78, 5) is 23.5. The van der Waals surface area contributed by atoms with E-state index in [0.29, 0.717) is 11.3 Å². The van der Waals surface area contributed by atoms with Crippen LogP contribution in [0.1, 0.15) is 20.7 Å². The molecular weight excluding hydrogens is 560 g/mol. The van der Waals surface area contributed by atoms with E-state index in [2.05, 4.69) is 38.5 Å². The van der Waals surface area contributed by atoms with Crippen LogP contribution in [0, 0.1) is 3.57 Å². The summed E-state index contributed by atoms with van der Waals surface area (Å²) >= 11 is 25.2.